The maximum atomic E-state index is 12.5. The van der Waals surface area contributed by atoms with Crippen LogP contribution in [0.15, 0.2) is 47.7 Å². The fraction of sp³-hybridized carbons (Fsp3) is 0.333. The topological polar surface area (TPSA) is 76.7 Å². The average Bonchev–Trinajstić information content (AvgIpc) is 2.53. The number of nitrogens with one attached hydrogen (secondary N) is 2. The number of allylic oxidation sites excluding steroid dienone is 1. The first-order chi connectivity index (χ1) is 11.4. The Balaban J connectivity index is 2.25. The molecule has 6 nitrogen and oxygen atoms in total. The third kappa shape index (κ3) is 4.16. The molecule has 1 aromatic rings. The quantitative estimate of drug-likeness (QED) is 0.621. The van der Waals surface area contributed by atoms with Crippen molar-refractivity contribution in [3.05, 3.63) is 53.3 Å². The molecule has 0 fully saturated rings. The Labute approximate surface area is 141 Å². The largest absolute Gasteiger partial charge is 0.497 e. The van der Waals surface area contributed by atoms with Gasteiger partial charge in [0.2, 0.25) is 0 Å². The van der Waals surface area contributed by atoms with Gasteiger partial charge in [-0.3, -0.25) is 0 Å². The number of urea groups is 1. The summed E-state index contributed by atoms with van der Waals surface area (Å²) in [7, 11) is 1.58. The Morgan fingerprint density at radius 3 is 2.54 bits per heavy atom. The maximum Gasteiger partial charge on any atom is 0.338 e. The minimum absolute atomic E-state index is 0.258. The second kappa shape index (κ2) is 7.68. The van der Waals surface area contributed by atoms with Crippen LogP contribution in [0.25, 0.3) is 0 Å². The molecule has 0 saturated carbocycles. The van der Waals surface area contributed by atoms with E-state index in [-0.39, 0.29) is 12.6 Å². The molecule has 1 atom stereocenters. The third-order valence-electron chi connectivity index (χ3n) is 3.70. The third-order valence-corrected chi connectivity index (χ3v) is 3.70. The van der Waals surface area contributed by atoms with Gasteiger partial charge in [0.05, 0.1) is 25.3 Å². The number of hydrogen-bond donors (Lipinski definition) is 2. The van der Waals surface area contributed by atoms with Crippen LogP contribution in [0.4, 0.5) is 4.79 Å². The molecule has 1 aromatic carbocycles. The summed E-state index contributed by atoms with van der Waals surface area (Å²) in [6.45, 7) is 7.60. The Hall–Kier alpha value is -2.76. The molecule has 1 aliphatic rings. The first-order valence-electron chi connectivity index (χ1n) is 7.66. The molecule has 2 amide bonds. The van der Waals surface area contributed by atoms with Crippen molar-refractivity contribution >= 4 is 12.0 Å². The van der Waals surface area contributed by atoms with Crippen LogP contribution in [-0.4, -0.2) is 25.7 Å². The second-order valence-electron chi connectivity index (χ2n) is 5.69. The highest BCUT2D eigenvalue weighted by Crippen LogP contribution is 2.28. The fourth-order valence-electron chi connectivity index (χ4n) is 2.41. The number of benzene rings is 1. The van der Waals surface area contributed by atoms with Crippen molar-refractivity contribution in [3.63, 3.8) is 0 Å². The van der Waals surface area contributed by atoms with Crippen LogP contribution >= 0.6 is 0 Å². The van der Waals surface area contributed by atoms with Crippen LogP contribution in [0.5, 0.6) is 5.75 Å². The van der Waals surface area contributed by atoms with E-state index in [0.29, 0.717) is 23.4 Å². The van der Waals surface area contributed by atoms with Gasteiger partial charge in [-0.05, 0) is 31.5 Å². The van der Waals surface area contributed by atoms with Gasteiger partial charge < -0.3 is 20.1 Å². The van der Waals surface area contributed by atoms with Gasteiger partial charge in [0, 0.05) is 12.1 Å². The first kappa shape index (κ1) is 17.6. The van der Waals surface area contributed by atoms with Gasteiger partial charge in [-0.1, -0.05) is 17.7 Å². The van der Waals surface area contributed by atoms with Gasteiger partial charge in [0.1, 0.15) is 5.75 Å². The molecule has 1 aliphatic heterocycles. The number of carbonyl (C=O) groups excluding carboxylic acids is 2. The van der Waals surface area contributed by atoms with Gasteiger partial charge >= 0.3 is 12.0 Å². The molecule has 1 heterocycles. The molecule has 128 valence electrons. The number of esters is 1. The van der Waals surface area contributed by atoms with Crippen LogP contribution in [-0.2, 0) is 9.53 Å². The van der Waals surface area contributed by atoms with E-state index in [1.54, 1.807) is 26.2 Å². The van der Waals surface area contributed by atoms with Crippen molar-refractivity contribution in [2.24, 2.45) is 0 Å². The molecule has 0 bridgehead atoms. The van der Waals surface area contributed by atoms with Crippen LogP contribution in [0.3, 0.4) is 0 Å². The fourth-order valence-corrected chi connectivity index (χ4v) is 2.41. The van der Waals surface area contributed by atoms with Crippen molar-refractivity contribution < 1.29 is 19.1 Å². The van der Waals surface area contributed by atoms with E-state index < -0.39 is 12.0 Å². The average molecular weight is 330 g/mol. The molecule has 0 aliphatic carbocycles. The van der Waals surface area contributed by atoms with E-state index in [0.717, 1.165) is 11.1 Å². The number of rotatable bonds is 6. The number of hydrogen-bond acceptors (Lipinski definition) is 4. The standard InChI is InChI=1S/C18H22N2O4/c1-11(2)9-10-24-17(21)15-12(3)19-18(22)20-16(15)13-5-7-14(23-4)8-6-13/h5-8,16H,1,9-10H2,2-4H3,(H2,19,20,22). The highest BCUT2D eigenvalue weighted by Gasteiger charge is 2.32. The van der Waals surface area contributed by atoms with Crippen molar-refractivity contribution in [1.29, 1.82) is 0 Å². The van der Waals surface area contributed by atoms with E-state index in [9.17, 15) is 9.59 Å². The van der Waals surface area contributed by atoms with Crippen molar-refractivity contribution in [3.8, 4) is 5.75 Å². The van der Waals surface area contributed by atoms with Crippen molar-refractivity contribution in [1.82, 2.24) is 10.6 Å². The molecule has 2 N–H and O–H groups in total. The van der Waals surface area contributed by atoms with Gasteiger partial charge in [-0.25, -0.2) is 9.59 Å². The lowest BCUT2D eigenvalue weighted by molar-refractivity contribution is -0.139. The summed E-state index contributed by atoms with van der Waals surface area (Å²) in [5.74, 6) is 0.243. The highest BCUT2D eigenvalue weighted by atomic mass is 16.5. The van der Waals surface area contributed by atoms with Crippen LogP contribution < -0.4 is 15.4 Å². The van der Waals surface area contributed by atoms with Crippen LogP contribution in [0.2, 0.25) is 0 Å². The molecule has 2 rings (SSSR count). The Morgan fingerprint density at radius 1 is 1.29 bits per heavy atom. The molecule has 24 heavy (non-hydrogen) atoms. The summed E-state index contributed by atoms with van der Waals surface area (Å²) in [5, 5.41) is 5.38. The molecule has 1 unspecified atom stereocenters. The first-order valence-corrected chi connectivity index (χ1v) is 7.66. The van der Waals surface area contributed by atoms with Gasteiger partial charge in [-0.15, -0.1) is 6.58 Å². The zero-order valence-electron chi connectivity index (χ0n) is 14.1. The maximum absolute atomic E-state index is 12.5. The molecule has 0 radical (unpaired) electrons. The smallest absolute Gasteiger partial charge is 0.338 e. The Morgan fingerprint density at radius 2 is 1.96 bits per heavy atom. The summed E-state index contributed by atoms with van der Waals surface area (Å²) in [5.41, 5.74) is 2.59. The Bertz CT molecular complexity index is 677. The van der Waals surface area contributed by atoms with Crippen molar-refractivity contribution in [2.75, 3.05) is 13.7 Å². The normalized spacial score (nSPS) is 17.0. The van der Waals surface area contributed by atoms with Crippen molar-refractivity contribution in [2.45, 2.75) is 26.3 Å². The monoisotopic (exact) mass is 330 g/mol. The molecule has 0 spiro atoms. The minimum atomic E-state index is -0.568. The summed E-state index contributed by atoms with van der Waals surface area (Å²) in [4.78, 5) is 24.3. The summed E-state index contributed by atoms with van der Waals surface area (Å²) in [6.07, 6.45) is 0.602. The lowest BCUT2D eigenvalue weighted by atomic mass is 9.95. The van der Waals surface area contributed by atoms with E-state index in [2.05, 4.69) is 17.2 Å². The molecular weight excluding hydrogens is 308 g/mol. The zero-order chi connectivity index (χ0) is 17.7. The predicted octanol–water partition coefficient (Wildman–Crippen LogP) is 2.83. The summed E-state index contributed by atoms with van der Waals surface area (Å²) in [6, 6.07) is 6.26. The van der Waals surface area contributed by atoms with Gasteiger partial charge in [0.15, 0.2) is 0 Å². The molecule has 0 aromatic heterocycles. The van der Waals surface area contributed by atoms with E-state index in [4.69, 9.17) is 9.47 Å². The number of carbonyl (C=O) groups is 2. The number of amides is 2. The van der Waals surface area contributed by atoms with E-state index >= 15 is 0 Å². The lowest BCUT2D eigenvalue weighted by Crippen LogP contribution is -2.45. The number of methoxy groups -OCH3 is 1. The SMILES string of the molecule is C=C(C)CCOC(=O)C1=C(C)NC(=O)NC1c1ccc(OC)cc1. The Kier molecular flexibility index (Phi) is 5.63. The zero-order valence-corrected chi connectivity index (χ0v) is 14.1. The molecule has 6 heteroatoms. The summed E-state index contributed by atoms with van der Waals surface area (Å²) >= 11 is 0. The molecule has 0 saturated heterocycles. The summed E-state index contributed by atoms with van der Waals surface area (Å²) < 4.78 is 10.5. The van der Waals surface area contributed by atoms with E-state index in [1.807, 2.05) is 19.1 Å². The lowest BCUT2D eigenvalue weighted by Gasteiger charge is -2.28. The molecular formula is C18H22N2O4. The van der Waals surface area contributed by atoms with Crippen LogP contribution in [0.1, 0.15) is 31.9 Å². The predicted molar refractivity (Wildman–Crippen MR) is 90.5 cm³/mol. The second-order valence-corrected chi connectivity index (χ2v) is 5.69. The van der Waals surface area contributed by atoms with E-state index in [1.165, 1.54) is 0 Å². The highest BCUT2D eigenvalue weighted by molar-refractivity contribution is 5.95. The van der Waals surface area contributed by atoms with Gasteiger partial charge in [-0.2, -0.15) is 0 Å². The van der Waals surface area contributed by atoms with Gasteiger partial charge in [0.25, 0.3) is 0 Å². The number of ether oxygens (including phenoxy) is 2. The minimum Gasteiger partial charge on any atom is -0.497 e. The van der Waals surface area contributed by atoms with Crippen LogP contribution in [0, 0.1) is 0 Å².